The molecule has 0 saturated heterocycles. The van der Waals surface area contributed by atoms with Crippen LogP contribution >= 0.6 is 27.5 Å². The third kappa shape index (κ3) is 2.65. The third-order valence-electron chi connectivity index (χ3n) is 3.83. The Labute approximate surface area is 150 Å². The van der Waals surface area contributed by atoms with E-state index in [0.717, 1.165) is 26.9 Å². The molecule has 24 heavy (non-hydrogen) atoms. The van der Waals surface area contributed by atoms with Crippen molar-refractivity contribution in [1.82, 2.24) is 19.5 Å². The zero-order chi connectivity index (χ0) is 17.6. The number of aromatic amines is 1. The highest BCUT2D eigenvalue weighted by atomic mass is 79.9. The molecule has 3 N–H and O–H groups in total. The summed E-state index contributed by atoms with van der Waals surface area (Å²) in [6.07, 6.45) is 0. The Morgan fingerprint density at radius 2 is 2.12 bits per heavy atom. The summed E-state index contributed by atoms with van der Waals surface area (Å²) >= 11 is 9.61. The van der Waals surface area contributed by atoms with E-state index in [2.05, 4.69) is 30.9 Å². The summed E-state index contributed by atoms with van der Waals surface area (Å²) in [5, 5.41) is 0.120. The second-order valence-corrected chi connectivity index (χ2v) is 6.56. The highest BCUT2D eigenvalue weighted by Gasteiger charge is 2.17. The van der Waals surface area contributed by atoms with E-state index in [0.29, 0.717) is 17.7 Å². The minimum atomic E-state index is -0.329. The first kappa shape index (κ1) is 16.8. The molecular weight excluding hydrogens is 398 g/mol. The molecule has 0 aliphatic carbocycles. The van der Waals surface area contributed by atoms with Crippen LogP contribution in [0, 0.1) is 13.8 Å². The number of nitrogen functional groups attached to an aromatic ring is 1. The van der Waals surface area contributed by atoms with Gasteiger partial charge < -0.3 is 15.5 Å². The molecule has 126 valence electrons. The summed E-state index contributed by atoms with van der Waals surface area (Å²) in [5.74, 6) is 0.827. The van der Waals surface area contributed by atoms with Gasteiger partial charge in [0.2, 0.25) is 5.95 Å². The van der Waals surface area contributed by atoms with Crippen LogP contribution in [0.2, 0.25) is 5.15 Å². The normalized spacial score (nSPS) is 11.2. The SMILES string of the molecule is COc1c(C)cc(Cn2c(=O)[nH]c3c(Cl)nc(N)nc32)c(Br)c1C. The highest BCUT2D eigenvalue weighted by Crippen LogP contribution is 2.33. The number of hydrogen-bond donors (Lipinski definition) is 2. The van der Waals surface area contributed by atoms with Crippen LogP contribution in [-0.4, -0.2) is 26.6 Å². The van der Waals surface area contributed by atoms with E-state index in [1.54, 1.807) is 7.11 Å². The topological polar surface area (TPSA) is 98.8 Å². The molecule has 0 bridgehead atoms. The number of aryl methyl sites for hydroxylation is 1. The van der Waals surface area contributed by atoms with Crippen molar-refractivity contribution < 1.29 is 4.74 Å². The van der Waals surface area contributed by atoms with Crippen molar-refractivity contribution in [3.63, 3.8) is 0 Å². The van der Waals surface area contributed by atoms with Crippen molar-refractivity contribution >= 4 is 44.6 Å². The lowest BCUT2D eigenvalue weighted by Gasteiger charge is -2.15. The number of benzene rings is 1. The number of imidazole rings is 1. The van der Waals surface area contributed by atoms with Crippen molar-refractivity contribution in [2.24, 2.45) is 0 Å². The molecule has 0 atom stereocenters. The lowest BCUT2D eigenvalue weighted by Crippen LogP contribution is -2.18. The standard InChI is InChI=1S/C15H15BrClN5O2/c1-6-4-8(9(16)7(2)11(6)24-3)5-22-13-10(19-15(22)23)12(17)20-14(18)21-13/h4H,5H2,1-3H3,(H,19,23)(H2,18,20,21). The number of rotatable bonds is 3. The molecule has 2 heterocycles. The van der Waals surface area contributed by atoms with Gasteiger partial charge in [0, 0.05) is 10.0 Å². The van der Waals surface area contributed by atoms with Gasteiger partial charge in [-0.05, 0) is 31.0 Å². The van der Waals surface area contributed by atoms with Crippen molar-refractivity contribution in [2.45, 2.75) is 20.4 Å². The predicted molar refractivity (Wildman–Crippen MR) is 96.8 cm³/mol. The first-order valence-electron chi connectivity index (χ1n) is 7.07. The van der Waals surface area contributed by atoms with Gasteiger partial charge in [0.1, 0.15) is 11.3 Å². The molecule has 0 unspecified atom stereocenters. The lowest BCUT2D eigenvalue weighted by atomic mass is 10.1. The summed E-state index contributed by atoms with van der Waals surface area (Å²) in [6, 6.07) is 1.97. The Bertz CT molecular complexity index is 1010. The lowest BCUT2D eigenvalue weighted by molar-refractivity contribution is 0.408. The van der Waals surface area contributed by atoms with Gasteiger partial charge in [0.15, 0.2) is 10.8 Å². The number of nitrogens with zero attached hydrogens (tertiary/aromatic N) is 3. The van der Waals surface area contributed by atoms with E-state index in [1.807, 2.05) is 19.9 Å². The maximum atomic E-state index is 12.3. The van der Waals surface area contributed by atoms with Gasteiger partial charge in [0.05, 0.1) is 13.7 Å². The van der Waals surface area contributed by atoms with Crippen LogP contribution in [0.4, 0.5) is 5.95 Å². The summed E-state index contributed by atoms with van der Waals surface area (Å²) in [6.45, 7) is 4.21. The minimum Gasteiger partial charge on any atom is -0.496 e. The number of H-pyrrole nitrogens is 1. The van der Waals surface area contributed by atoms with E-state index < -0.39 is 0 Å². The summed E-state index contributed by atoms with van der Waals surface area (Å²) < 4.78 is 7.76. The van der Waals surface area contributed by atoms with Gasteiger partial charge in [0.25, 0.3) is 0 Å². The number of hydrogen-bond acceptors (Lipinski definition) is 5. The number of methoxy groups -OCH3 is 1. The van der Waals surface area contributed by atoms with E-state index in [1.165, 1.54) is 4.57 Å². The molecule has 0 spiro atoms. The van der Waals surface area contributed by atoms with Gasteiger partial charge in [-0.25, -0.2) is 4.79 Å². The second kappa shape index (κ2) is 6.10. The molecule has 0 aliphatic heterocycles. The largest absolute Gasteiger partial charge is 0.496 e. The summed E-state index contributed by atoms with van der Waals surface area (Å²) in [5.41, 5.74) is 8.93. The van der Waals surface area contributed by atoms with Crippen LogP contribution in [0.3, 0.4) is 0 Å². The van der Waals surface area contributed by atoms with E-state index in [4.69, 9.17) is 22.1 Å². The van der Waals surface area contributed by atoms with Crippen LogP contribution in [0.25, 0.3) is 11.2 Å². The number of halogens is 2. The summed E-state index contributed by atoms with van der Waals surface area (Å²) in [7, 11) is 1.63. The highest BCUT2D eigenvalue weighted by molar-refractivity contribution is 9.10. The average molecular weight is 413 g/mol. The van der Waals surface area contributed by atoms with Crippen molar-refractivity contribution in [2.75, 3.05) is 12.8 Å². The monoisotopic (exact) mass is 411 g/mol. The zero-order valence-electron chi connectivity index (χ0n) is 13.3. The first-order chi connectivity index (χ1) is 11.3. The van der Waals surface area contributed by atoms with Gasteiger partial charge in [-0.1, -0.05) is 27.5 Å². The molecule has 0 amide bonds. The molecule has 7 nitrogen and oxygen atoms in total. The smallest absolute Gasteiger partial charge is 0.328 e. The molecule has 0 aliphatic rings. The molecule has 2 aromatic heterocycles. The average Bonchev–Trinajstić information content (AvgIpc) is 2.82. The Morgan fingerprint density at radius 1 is 1.42 bits per heavy atom. The van der Waals surface area contributed by atoms with Crippen LogP contribution in [0.1, 0.15) is 16.7 Å². The number of nitrogens with one attached hydrogen (secondary N) is 1. The minimum absolute atomic E-state index is 0.0152. The van der Waals surface area contributed by atoms with Crippen molar-refractivity contribution in [3.05, 3.63) is 42.9 Å². The molecule has 1 aromatic carbocycles. The molecule has 0 radical (unpaired) electrons. The first-order valence-corrected chi connectivity index (χ1v) is 8.24. The number of nitrogens with two attached hydrogens (primary N) is 1. The van der Waals surface area contributed by atoms with E-state index in [9.17, 15) is 4.79 Å². The molecular formula is C15H15BrClN5O2. The van der Waals surface area contributed by atoms with E-state index in [-0.39, 0.29) is 16.8 Å². The van der Waals surface area contributed by atoms with Crippen molar-refractivity contribution in [1.29, 1.82) is 0 Å². The Morgan fingerprint density at radius 3 is 2.79 bits per heavy atom. The van der Waals surface area contributed by atoms with Crippen LogP contribution in [-0.2, 0) is 6.54 Å². The third-order valence-corrected chi connectivity index (χ3v) is 5.21. The van der Waals surface area contributed by atoms with Crippen LogP contribution in [0.15, 0.2) is 15.3 Å². The molecule has 0 saturated carbocycles. The maximum Gasteiger partial charge on any atom is 0.328 e. The van der Waals surface area contributed by atoms with Crippen molar-refractivity contribution in [3.8, 4) is 5.75 Å². The van der Waals surface area contributed by atoms with Crippen LogP contribution < -0.4 is 16.2 Å². The molecule has 3 rings (SSSR count). The van der Waals surface area contributed by atoms with E-state index >= 15 is 0 Å². The second-order valence-electron chi connectivity index (χ2n) is 5.41. The van der Waals surface area contributed by atoms with Gasteiger partial charge >= 0.3 is 5.69 Å². The predicted octanol–water partition coefficient (Wildman–Crippen LogP) is 2.79. The zero-order valence-corrected chi connectivity index (χ0v) is 15.6. The maximum absolute atomic E-state index is 12.3. The molecule has 0 fully saturated rings. The fraction of sp³-hybridized carbons (Fsp3) is 0.267. The Kier molecular flexibility index (Phi) is 4.27. The van der Waals surface area contributed by atoms with Crippen LogP contribution in [0.5, 0.6) is 5.75 Å². The quantitative estimate of drug-likeness (QED) is 0.645. The Balaban J connectivity index is 2.18. The summed E-state index contributed by atoms with van der Waals surface area (Å²) in [4.78, 5) is 23.0. The number of aromatic nitrogens is 4. The van der Waals surface area contributed by atoms with Gasteiger partial charge in [-0.15, -0.1) is 0 Å². The van der Waals surface area contributed by atoms with Gasteiger partial charge in [-0.3, -0.25) is 4.57 Å². The molecule has 3 aromatic rings. The fourth-order valence-electron chi connectivity index (χ4n) is 2.78. The van der Waals surface area contributed by atoms with Gasteiger partial charge in [-0.2, -0.15) is 9.97 Å². The number of ether oxygens (including phenoxy) is 1. The number of fused-ring (bicyclic) bond motifs is 1. The number of anilines is 1. The Hall–Kier alpha value is -2.06. The fourth-order valence-corrected chi connectivity index (χ4v) is 3.42. The molecule has 9 heteroatoms.